The molecule has 21 heavy (non-hydrogen) atoms. The fourth-order valence-corrected chi connectivity index (χ4v) is 3.85. The molecule has 3 aliphatic rings. The van der Waals surface area contributed by atoms with Gasteiger partial charge in [-0.05, 0) is 13.1 Å². The second-order valence-electron chi connectivity index (χ2n) is 6.02. The maximum atomic E-state index is 12.6. The monoisotopic (exact) mass is 294 g/mol. The van der Waals surface area contributed by atoms with Gasteiger partial charge in [-0.2, -0.15) is 0 Å². The molecular weight excluding hydrogens is 272 g/mol. The van der Waals surface area contributed by atoms with E-state index in [0.29, 0.717) is 13.1 Å². The number of carbonyl (C=O) groups is 2. The fraction of sp³-hybridized carbons (Fsp3) is 0.733. The molecule has 0 radical (unpaired) electrons. The highest BCUT2D eigenvalue weighted by Crippen LogP contribution is 2.51. The Kier molecular flexibility index (Phi) is 3.53. The Labute approximate surface area is 124 Å². The molecule has 0 aromatic rings. The van der Waals surface area contributed by atoms with Gasteiger partial charge in [0.25, 0.3) is 0 Å². The zero-order valence-electron chi connectivity index (χ0n) is 12.5. The number of carboxylic acid groups (broad SMARTS) is 1. The van der Waals surface area contributed by atoms with Gasteiger partial charge in [-0.15, -0.1) is 0 Å². The van der Waals surface area contributed by atoms with E-state index in [9.17, 15) is 14.7 Å². The first-order valence-electron chi connectivity index (χ1n) is 7.63. The lowest BCUT2D eigenvalue weighted by Gasteiger charge is -2.24. The van der Waals surface area contributed by atoms with Gasteiger partial charge in [0.1, 0.15) is 11.5 Å². The molecule has 0 saturated carbocycles. The first-order valence-corrected chi connectivity index (χ1v) is 7.63. The van der Waals surface area contributed by atoms with Crippen molar-refractivity contribution in [2.24, 2.45) is 11.8 Å². The molecule has 6 nitrogen and oxygen atoms in total. The van der Waals surface area contributed by atoms with E-state index in [4.69, 9.17) is 4.74 Å². The molecule has 0 aromatic carbocycles. The minimum Gasteiger partial charge on any atom is -0.481 e. The Morgan fingerprint density at radius 1 is 1.52 bits per heavy atom. The van der Waals surface area contributed by atoms with Crippen molar-refractivity contribution in [3.05, 3.63) is 12.2 Å². The van der Waals surface area contributed by atoms with Crippen LogP contribution in [0.5, 0.6) is 0 Å². The molecule has 1 N–H and O–H groups in total. The van der Waals surface area contributed by atoms with Crippen LogP contribution >= 0.6 is 0 Å². The highest BCUT2D eigenvalue weighted by Gasteiger charge is 2.66. The molecule has 0 aliphatic carbocycles. The molecule has 2 bridgehead atoms. The van der Waals surface area contributed by atoms with Crippen LogP contribution in [0, 0.1) is 11.8 Å². The smallest absolute Gasteiger partial charge is 0.310 e. The lowest BCUT2D eigenvalue weighted by atomic mass is 9.77. The number of likely N-dealkylation sites (tertiary alicyclic amines) is 1. The summed E-state index contributed by atoms with van der Waals surface area (Å²) < 4.78 is 5.85. The summed E-state index contributed by atoms with van der Waals surface area (Å²) in [5.41, 5.74) is -0.700. The van der Waals surface area contributed by atoms with Crippen molar-refractivity contribution < 1.29 is 19.4 Å². The molecule has 3 heterocycles. The van der Waals surface area contributed by atoms with Crippen molar-refractivity contribution >= 4 is 11.9 Å². The summed E-state index contributed by atoms with van der Waals surface area (Å²) in [6, 6.07) is 0. The predicted octanol–water partition coefficient (Wildman–Crippen LogP) is 0.195. The van der Waals surface area contributed by atoms with Crippen molar-refractivity contribution in [2.75, 3.05) is 32.7 Å². The Bertz CT molecular complexity index is 488. The molecule has 3 aliphatic heterocycles. The van der Waals surface area contributed by atoms with Crippen LogP contribution in [-0.4, -0.2) is 71.2 Å². The Hall–Kier alpha value is -1.40. The van der Waals surface area contributed by atoms with Gasteiger partial charge in [-0.25, -0.2) is 0 Å². The number of nitrogens with zero attached hydrogens (tertiary/aromatic N) is 2. The maximum absolute atomic E-state index is 12.6. The zero-order chi connectivity index (χ0) is 15.2. The molecule has 1 spiro atoms. The number of hydrogen-bond acceptors (Lipinski definition) is 4. The van der Waals surface area contributed by atoms with E-state index in [1.54, 1.807) is 11.0 Å². The van der Waals surface area contributed by atoms with E-state index in [1.165, 1.54) is 0 Å². The minimum absolute atomic E-state index is 0.0681. The second kappa shape index (κ2) is 5.10. The summed E-state index contributed by atoms with van der Waals surface area (Å²) in [5.74, 6) is -2.29. The summed E-state index contributed by atoms with van der Waals surface area (Å²) in [5, 5.41) is 9.38. The molecule has 3 rings (SSSR count). The van der Waals surface area contributed by atoms with Crippen molar-refractivity contribution in [1.82, 2.24) is 9.80 Å². The van der Waals surface area contributed by atoms with Crippen molar-refractivity contribution in [3.8, 4) is 0 Å². The quantitative estimate of drug-likeness (QED) is 0.708. The summed E-state index contributed by atoms with van der Waals surface area (Å²) in [4.78, 5) is 28.1. The summed E-state index contributed by atoms with van der Waals surface area (Å²) in [6.07, 6.45) is 3.26. The van der Waals surface area contributed by atoms with Crippen LogP contribution in [0.1, 0.15) is 13.8 Å². The van der Waals surface area contributed by atoms with E-state index in [0.717, 1.165) is 19.6 Å². The topological polar surface area (TPSA) is 70.1 Å². The molecule has 6 heteroatoms. The summed E-state index contributed by atoms with van der Waals surface area (Å²) in [6.45, 7) is 8.01. The molecule has 4 atom stereocenters. The third kappa shape index (κ3) is 2.08. The average molecular weight is 294 g/mol. The third-order valence-electron chi connectivity index (χ3n) is 5.04. The van der Waals surface area contributed by atoms with Crippen LogP contribution in [-0.2, 0) is 14.3 Å². The zero-order valence-corrected chi connectivity index (χ0v) is 12.5. The van der Waals surface area contributed by atoms with Crippen LogP contribution in [0.15, 0.2) is 12.2 Å². The van der Waals surface area contributed by atoms with Gasteiger partial charge in [0.2, 0.25) is 5.91 Å². The SMILES string of the molecule is CCN(CC)CCN1C[C@@]23C=C[C@@H](O2)[C@@H](C(=O)O)[C@@H]3C1=O. The average Bonchev–Trinajstić information content (AvgIpc) is 3.08. The standard InChI is InChI=1S/C15H22N2O4/c1-3-16(4-2)7-8-17-9-15-6-5-10(21-15)11(14(19)20)12(15)13(17)18/h5-6,10-12H,3-4,7-9H2,1-2H3,(H,19,20)/t10-,11-,12-,15-/m1/s1. The van der Waals surface area contributed by atoms with Gasteiger partial charge in [0.15, 0.2) is 0 Å². The summed E-state index contributed by atoms with van der Waals surface area (Å²) >= 11 is 0. The van der Waals surface area contributed by atoms with Crippen LogP contribution in [0.2, 0.25) is 0 Å². The van der Waals surface area contributed by atoms with Crippen molar-refractivity contribution in [1.29, 1.82) is 0 Å². The van der Waals surface area contributed by atoms with Crippen LogP contribution in [0.3, 0.4) is 0 Å². The number of ether oxygens (including phenoxy) is 1. The summed E-state index contributed by atoms with van der Waals surface area (Å²) in [7, 11) is 0. The van der Waals surface area contributed by atoms with Gasteiger partial charge < -0.3 is 19.6 Å². The Balaban J connectivity index is 1.74. The number of carboxylic acids is 1. The number of rotatable bonds is 6. The first-order chi connectivity index (χ1) is 10.0. The largest absolute Gasteiger partial charge is 0.481 e. The Morgan fingerprint density at radius 3 is 2.86 bits per heavy atom. The van der Waals surface area contributed by atoms with Gasteiger partial charge >= 0.3 is 5.97 Å². The highest BCUT2D eigenvalue weighted by atomic mass is 16.5. The van der Waals surface area contributed by atoms with Gasteiger partial charge in [-0.3, -0.25) is 9.59 Å². The van der Waals surface area contributed by atoms with Gasteiger partial charge in [0, 0.05) is 13.1 Å². The van der Waals surface area contributed by atoms with Gasteiger partial charge in [-0.1, -0.05) is 26.0 Å². The molecule has 0 aromatic heterocycles. The molecule has 116 valence electrons. The van der Waals surface area contributed by atoms with E-state index >= 15 is 0 Å². The number of fused-ring (bicyclic) bond motifs is 1. The molecular formula is C15H22N2O4. The number of aliphatic carboxylic acids is 1. The van der Waals surface area contributed by atoms with Crippen molar-refractivity contribution in [2.45, 2.75) is 25.6 Å². The van der Waals surface area contributed by atoms with Crippen LogP contribution < -0.4 is 0 Å². The van der Waals surface area contributed by atoms with Crippen LogP contribution in [0.25, 0.3) is 0 Å². The highest BCUT2D eigenvalue weighted by molar-refractivity contribution is 5.90. The second-order valence-corrected chi connectivity index (χ2v) is 6.02. The minimum atomic E-state index is -0.935. The lowest BCUT2D eigenvalue weighted by Crippen LogP contribution is -2.40. The van der Waals surface area contributed by atoms with Crippen molar-refractivity contribution in [3.63, 3.8) is 0 Å². The third-order valence-corrected chi connectivity index (χ3v) is 5.04. The Morgan fingerprint density at radius 2 is 2.24 bits per heavy atom. The van der Waals surface area contributed by atoms with E-state index in [2.05, 4.69) is 18.7 Å². The number of carbonyl (C=O) groups excluding carboxylic acids is 1. The number of amides is 1. The van der Waals surface area contributed by atoms with E-state index < -0.39 is 29.5 Å². The first kappa shape index (κ1) is 14.5. The number of hydrogen-bond donors (Lipinski definition) is 1. The molecule has 1 amide bonds. The molecule has 2 saturated heterocycles. The fourth-order valence-electron chi connectivity index (χ4n) is 3.85. The maximum Gasteiger partial charge on any atom is 0.310 e. The van der Waals surface area contributed by atoms with Crippen LogP contribution in [0.4, 0.5) is 0 Å². The molecule has 2 fully saturated rings. The molecule has 0 unspecified atom stereocenters. The lowest BCUT2D eigenvalue weighted by molar-refractivity contribution is -0.148. The predicted molar refractivity (Wildman–Crippen MR) is 75.7 cm³/mol. The number of likely N-dealkylation sites (N-methyl/N-ethyl adjacent to an activating group) is 1. The van der Waals surface area contributed by atoms with E-state index in [-0.39, 0.29) is 5.91 Å². The normalized spacial score (nSPS) is 36.8. The van der Waals surface area contributed by atoms with Gasteiger partial charge in [0.05, 0.1) is 18.6 Å². The van der Waals surface area contributed by atoms with E-state index in [1.807, 2.05) is 6.08 Å².